The molecule has 2 atom stereocenters. The largest absolute Gasteiger partial charge is 0.381 e. The Labute approximate surface area is 131 Å². The minimum absolute atomic E-state index is 0.415. The van der Waals surface area contributed by atoms with Crippen LogP contribution in [0.2, 0.25) is 0 Å². The van der Waals surface area contributed by atoms with Gasteiger partial charge in [0.25, 0.3) is 6.20 Å². The van der Waals surface area contributed by atoms with Crippen molar-refractivity contribution in [2.24, 2.45) is 11.8 Å². The Morgan fingerprint density at radius 1 is 1.67 bits per heavy atom. The second-order valence-corrected chi connectivity index (χ2v) is 6.40. The number of ether oxygens (including phenoxy) is 1. The molecule has 0 radical (unpaired) electrons. The summed E-state index contributed by atoms with van der Waals surface area (Å²) in [6.07, 6.45) is 4.03. The maximum Gasteiger partial charge on any atom is 0.263 e. The molecule has 1 saturated heterocycles. The minimum Gasteiger partial charge on any atom is -0.381 e. The lowest BCUT2D eigenvalue weighted by molar-refractivity contribution is -0.403. The van der Waals surface area contributed by atoms with Crippen molar-refractivity contribution in [3.8, 4) is 0 Å². The third-order valence-corrected chi connectivity index (χ3v) is 4.31. The fourth-order valence-electron chi connectivity index (χ4n) is 2.47. The summed E-state index contributed by atoms with van der Waals surface area (Å²) in [6, 6.07) is 0. The van der Waals surface area contributed by atoms with Crippen molar-refractivity contribution < 1.29 is 9.66 Å². The number of nitrogens with one attached hydrogen (secondary N) is 1. The van der Waals surface area contributed by atoms with Crippen LogP contribution in [0.4, 0.5) is 0 Å². The van der Waals surface area contributed by atoms with Crippen molar-refractivity contribution in [3.63, 3.8) is 0 Å². The van der Waals surface area contributed by atoms with Crippen molar-refractivity contribution in [2.45, 2.75) is 20.3 Å². The zero-order chi connectivity index (χ0) is 15.7. The van der Waals surface area contributed by atoms with Crippen molar-refractivity contribution >= 4 is 11.8 Å². The number of hydrogen-bond acceptors (Lipinski definition) is 6. The summed E-state index contributed by atoms with van der Waals surface area (Å²) in [5, 5.41) is 14.3. The molecule has 21 heavy (non-hydrogen) atoms. The van der Waals surface area contributed by atoms with Gasteiger partial charge in [-0.25, -0.2) is 0 Å². The third kappa shape index (κ3) is 7.68. The van der Waals surface area contributed by atoms with Crippen LogP contribution in [-0.4, -0.2) is 55.5 Å². The van der Waals surface area contributed by atoms with E-state index in [0.29, 0.717) is 16.9 Å². The molecular weight excluding hydrogens is 290 g/mol. The van der Waals surface area contributed by atoms with Crippen LogP contribution in [-0.2, 0) is 4.74 Å². The molecule has 0 bridgehead atoms. The molecule has 7 heteroatoms. The van der Waals surface area contributed by atoms with Crippen molar-refractivity contribution in [2.75, 3.05) is 45.6 Å². The summed E-state index contributed by atoms with van der Waals surface area (Å²) in [5.41, 5.74) is 0. The highest BCUT2D eigenvalue weighted by Gasteiger charge is 2.19. The van der Waals surface area contributed by atoms with E-state index in [4.69, 9.17) is 4.74 Å². The van der Waals surface area contributed by atoms with Gasteiger partial charge in [0.1, 0.15) is 5.03 Å². The predicted octanol–water partition coefficient (Wildman–Crippen LogP) is 2.01. The van der Waals surface area contributed by atoms with Crippen LogP contribution in [0.5, 0.6) is 0 Å². The van der Waals surface area contributed by atoms with E-state index in [2.05, 4.69) is 24.1 Å². The molecule has 1 N–H and O–H groups in total. The molecule has 122 valence electrons. The molecule has 6 nitrogen and oxygen atoms in total. The highest BCUT2D eigenvalue weighted by atomic mass is 32.2. The van der Waals surface area contributed by atoms with Gasteiger partial charge in [-0.05, 0) is 31.1 Å². The van der Waals surface area contributed by atoms with Crippen LogP contribution in [0.1, 0.15) is 20.3 Å². The van der Waals surface area contributed by atoms with Crippen LogP contribution < -0.4 is 5.32 Å². The molecule has 2 unspecified atom stereocenters. The van der Waals surface area contributed by atoms with E-state index >= 15 is 0 Å². The monoisotopic (exact) mass is 317 g/mol. The van der Waals surface area contributed by atoms with Crippen LogP contribution in [0, 0.1) is 22.0 Å². The molecule has 0 aliphatic carbocycles. The number of nitrogens with zero attached hydrogens (tertiary/aromatic N) is 2. The van der Waals surface area contributed by atoms with Gasteiger partial charge in [-0.2, -0.15) is 0 Å². The molecular formula is C14H27N3O3S. The number of thioether (sulfide) groups is 1. The van der Waals surface area contributed by atoms with Gasteiger partial charge in [0.15, 0.2) is 0 Å². The Morgan fingerprint density at radius 2 is 2.43 bits per heavy atom. The van der Waals surface area contributed by atoms with Gasteiger partial charge < -0.3 is 15.0 Å². The van der Waals surface area contributed by atoms with Gasteiger partial charge in [0.2, 0.25) is 0 Å². The molecule has 0 aromatic rings. The normalized spacial score (nSPS) is 20.8. The lowest BCUT2D eigenvalue weighted by atomic mass is 10.1. The quantitative estimate of drug-likeness (QED) is 0.491. The van der Waals surface area contributed by atoms with Gasteiger partial charge in [-0.3, -0.25) is 10.1 Å². The fourth-order valence-corrected chi connectivity index (χ4v) is 2.89. The Balaban J connectivity index is 2.32. The zero-order valence-corrected chi connectivity index (χ0v) is 14.0. The summed E-state index contributed by atoms with van der Waals surface area (Å²) in [6.45, 7) is 9.98. The van der Waals surface area contributed by atoms with Crippen molar-refractivity contribution in [3.05, 3.63) is 21.3 Å². The molecule has 0 amide bonds. The van der Waals surface area contributed by atoms with E-state index in [-0.39, 0.29) is 0 Å². The molecule has 0 spiro atoms. The van der Waals surface area contributed by atoms with Gasteiger partial charge in [-0.1, -0.05) is 13.8 Å². The SMILES string of the molecule is CCN(CC(C)CNC(=C[N+](=O)[O-])SC)CC1CCOC1. The molecule has 1 rings (SSSR count). The number of hydrogen-bond donors (Lipinski definition) is 1. The lowest BCUT2D eigenvalue weighted by Gasteiger charge is -2.26. The Kier molecular flexibility index (Phi) is 8.72. The maximum atomic E-state index is 10.5. The van der Waals surface area contributed by atoms with Gasteiger partial charge >= 0.3 is 0 Å². The zero-order valence-electron chi connectivity index (χ0n) is 13.2. The van der Waals surface area contributed by atoms with Crippen molar-refractivity contribution in [1.29, 1.82) is 0 Å². The molecule has 0 aromatic heterocycles. The lowest BCUT2D eigenvalue weighted by Crippen LogP contribution is -2.36. The summed E-state index contributed by atoms with van der Waals surface area (Å²) >= 11 is 1.37. The van der Waals surface area contributed by atoms with Crippen LogP contribution >= 0.6 is 11.8 Å². The highest BCUT2D eigenvalue weighted by Crippen LogP contribution is 2.15. The van der Waals surface area contributed by atoms with E-state index in [0.717, 1.165) is 52.0 Å². The average Bonchev–Trinajstić information content (AvgIpc) is 2.95. The number of nitro groups is 1. The number of rotatable bonds is 10. The molecule has 1 aliphatic rings. The Morgan fingerprint density at radius 3 is 2.95 bits per heavy atom. The minimum atomic E-state index is -0.415. The third-order valence-electron chi connectivity index (χ3n) is 3.62. The predicted molar refractivity (Wildman–Crippen MR) is 86.8 cm³/mol. The van der Waals surface area contributed by atoms with Crippen LogP contribution in [0.3, 0.4) is 0 Å². The van der Waals surface area contributed by atoms with Crippen molar-refractivity contribution in [1.82, 2.24) is 10.2 Å². The first-order valence-electron chi connectivity index (χ1n) is 7.48. The van der Waals surface area contributed by atoms with Crippen LogP contribution in [0.15, 0.2) is 11.2 Å². The first-order valence-corrected chi connectivity index (χ1v) is 8.70. The first-order chi connectivity index (χ1) is 10.0. The van der Waals surface area contributed by atoms with Gasteiger partial charge in [0.05, 0.1) is 11.5 Å². The second-order valence-electron chi connectivity index (χ2n) is 5.55. The summed E-state index contributed by atoms with van der Waals surface area (Å²) in [4.78, 5) is 12.5. The Bertz CT molecular complexity index is 346. The second kappa shape index (κ2) is 10.0. The summed E-state index contributed by atoms with van der Waals surface area (Å²) in [7, 11) is 0. The van der Waals surface area contributed by atoms with Gasteiger partial charge in [-0.15, -0.1) is 11.8 Å². The summed E-state index contributed by atoms with van der Waals surface area (Å²) < 4.78 is 5.42. The van der Waals surface area contributed by atoms with E-state index in [9.17, 15) is 10.1 Å². The molecule has 1 fully saturated rings. The summed E-state index contributed by atoms with van der Waals surface area (Å²) in [5.74, 6) is 1.09. The van der Waals surface area contributed by atoms with E-state index in [1.807, 2.05) is 6.26 Å². The van der Waals surface area contributed by atoms with E-state index in [1.165, 1.54) is 11.8 Å². The standard InChI is InChI=1S/C14H27N3O3S/c1-4-16(9-13-5-6-20-11-13)8-12(2)7-15-14(21-3)10-17(18)19/h10,12-13,15H,4-9,11H2,1-3H3. The maximum absolute atomic E-state index is 10.5. The first kappa shape index (κ1) is 18.3. The smallest absolute Gasteiger partial charge is 0.263 e. The molecule has 0 saturated carbocycles. The topological polar surface area (TPSA) is 67.6 Å². The highest BCUT2D eigenvalue weighted by molar-refractivity contribution is 8.02. The van der Waals surface area contributed by atoms with Crippen LogP contribution in [0.25, 0.3) is 0 Å². The molecule has 0 aromatic carbocycles. The van der Waals surface area contributed by atoms with Gasteiger partial charge in [0, 0.05) is 26.2 Å². The van der Waals surface area contributed by atoms with E-state index < -0.39 is 4.92 Å². The molecule has 1 aliphatic heterocycles. The van der Waals surface area contributed by atoms with E-state index in [1.54, 1.807) is 0 Å². The average molecular weight is 317 g/mol. The Hall–Kier alpha value is -0.790. The molecule has 1 heterocycles. The fraction of sp³-hybridized carbons (Fsp3) is 0.857.